The highest BCUT2D eigenvalue weighted by molar-refractivity contribution is 6.33. The number of nitriles is 2. The molecule has 1 aromatic rings. The molecule has 0 spiro atoms. The van der Waals surface area contributed by atoms with Crippen molar-refractivity contribution in [1.29, 1.82) is 10.5 Å². The summed E-state index contributed by atoms with van der Waals surface area (Å²) in [5.74, 6) is 0. The Balaban J connectivity index is 3.29. The number of pyridine rings is 1. The number of hydrogen-bond donors (Lipinski definition) is 0. The predicted octanol–water partition coefficient (Wildman–Crippen LogP) is -0.917. The van der Waals surface area contributed by atoms with Gasteiger partial charge in [-0.2, -0.15) is 10.5 Å². The fourth-order valence-electron chi connectivity index (χ4n) is 0.704. The van der Waals surface area contributed by atoms with Gasteiger partial charge in [-0.15, -0.1) is 0 Å². The van der Waals surface area contributed by atoms with E-state index in [4.69, 9.17) is 10.5 Å². The van der Waals surface area contributed by atoms with Gasteiger partial charge < -0.3 is 0 Å². The molecule has 1 heterocycles. The fourth-order valence-corrected chi connectivity index (χ4v) is 0.704. The Kier molecular flexibility index (Phi) is 1.89. The largest absolute Gasteiger partial charge is 0.227 e. The van der Waals surface area contributed by atoms with Crippen molar-refractivity contribution in [3.05, 3.63) is 23.5 Å². The third kappa shape index (κ3) is 1.36. The van der Waals surface area contributed by atoms with Crippen molar-refractivity contribution in [3.8, 4) is 12.1 Å². The summed E-state index contributed by atoms with van der Waals surface area (Å²) in [5.41, 5.74) is 1.41. The zero-order chi connectivity index (χ0) is 8.27. The van der Waals surface area contributed by atoms with Crippen LogP contribution in [-0.2, 0) is 0 Å². The first kappa shape index (κ1) is 7.30. The molecule has 0 unspecified atom stereocenters. The lowest BCUT2D eigenvalue weighted by Crippen LogP contribution is -2.10. The molecule has 0 saturated carbocycles. The van der Waals surface area contributed by atoms with Crippen LogP contribution in [0, 0.1) is 22.7 Å². The van der Waals surface area contributed by atoms with Gasteiger partial charge in [0.05, 0.1) is 0 Å². The Labute approximate surface area is 65.3 Å². The van der Waals surface area contributed by atoms with Gasteiger partial charge in [-0.05, 0) is 6.07 Å². The lowest BCUT2D eigenvalue weighted by atomic mass is 9.94. The van der Waals surface area contributed by atoms with Crippen LogP contribution in [-0.4, -0.2) is 12.8 Å². The summed E-state index contributed by atoms with van der Waals surface area (Å²) in [4.78, 5) is 3.79. The highest BCUT2D eigenvalue weighted by atomic mass is 14.7. The zero-order valence-electron chi connectivity index (χ0n) is 6.00. The fraction of sp³-hybridized carbons (Fsp3) is 0. The van der Waals surface area contributed by atoms with Crippen LogP contribution in [0.1, 0.15) is 11.4 Å². The number of nitrogens with zero attached hydrogens (tertiary/aromatic N) is 3. The molecule has 0 aliphatic carbocycles. The third-order valence-corrected chi connectivity index (χ3v) is 1.32. The number of aromatic nitrogens is 1. The molecule has 0 aliphatic heterocycles. The van der Waals surface area contributed by atoms with E-state index in [0.29, 0.717) is 5.69 Å². The second-order valence-electron chi connectivity index (χ2n) is 2.09. The molecule has 1 aromatic heterocycles. The molecule has 0 N–H and O–H groups in total. The molecule has 1 rings (SSSR count). The van der Waals surface area contributed by atoms with Gasteiger partial charge in [0, 0.05) is 0 Å². The molecule has 0 amide bonds. The average molecular weight is 141 g/mol. The molecule has 50 valence electrons. The molecule has 0 radical (unpaired) electrons. The van der Waals surface area contributed by atoms with Crippen LogP contribution < -0.4 is 5.46 Å². The summed E-state index contributed by atoms with van der Waals surface area (Å²) in [7, 11) is 1.78. The van der Waals surface area contributed by atoms with Gasteiger partial charge in [0.25, 0.3) is 0 Å². The van der Waals surface area contributed by atoms with Gasteiger partial charge in [0.15, 0.2) is 0 Å². The minimum atomic E-state index is 0.284. The average Bonchev–Trinajstić information content (AvgIpc) is 2.05. The maximum absolute atomic E-state index is 8.52. The van der Waals surface area contributed by atoms with E-state index in [0.717, 1.165) is 5.46 Å². The highest BCUT2D eigenvalue weighted by Gasteiger charge is 1.98. The lowest BCUT2D eigenvalue weighted by molar-refractivity contribution is 1.23. The highest BCUT2D eigenvalue weighted by Crippen LogP contribution is 1.92. The van der Waals surface area contributed by atoms with E-state index in [9.17, 15) is 0 Å². The first-order valence-corrected chi connectivity index (χ1v) is 3.06. The van der Waals surface area contributed by atoms with Crippen molar-refractivity contribution in [2.24, 2.45) is 0 Å². The van der Waals surface area contributed by atoms with Crippen molar-refractivity contribution < 1.29 is 0 Å². The molecule has 0 bridgehead atoms. The summed E-state index contributed by atoms with van der Waals surface area (Å²) >= 11 is 0. The molecule has 0 fully saturated rings. The second-order valence-corrected chi connectivity index (χ2v) is 2.09. The predicted molar refractivity (Wildman–Crippen MR) is 41.8 cm³/mol. The maximum Gasteiger partial charge on any atom is 0.143 e. The first-order valence-electron chi connectivity index (χ1n) is 3.06. The van der Waals surface area contributed by atoms with E-state index >= 15 is 0 Å². The summed E-state index contributed by atoms with van der Waals surface area (Å²) in [6.45, 7) is 0. The van der Waals surface area contributed by atoms with Crippen LogP contribution in [0.4, 0.5) is 0 Å². The SMILES string of the molecule is Bc1ccc(C#N)nc1C#N. The molecule has 4 heteroatoms. The van der Waals surface area contributed by atoms with Crippen LogP contribution in [0.15, 0.2) is 12.1 Å². The molecule has 0 saturated heterocycles. The Morgan fingerprint density at radius 1 is 1.27 bits per heavy atom. The van der Waals surface area contributed by atoms with Crippen LogP contribution in [0.2, 0.25) is 0 Å². The molecule has 0 aliphatic rings. The van der Waals surface area contributed by atoms with Crippen LogP contribution in [0.5, 0.6) is 0 Å². The van der Waals surface area contributed by atoms with E-state index < -0.39 is 0 Å². The zero-order valence-corrected chi connectivity index (χ0v) is 6.00. The van der Waals surface area contributed by atoms with E-state index in [-0.39, 0.29) is 5.69 Å². The van der Waals surface area contributed by atoms with Crippen LogP contribution in [0.3, 0.4) is 0 Å². The quantitative estimate of drug-likeness (QED) is 0.439. The molecule has 3 nitrogen and oxygen atoms in total. The Hall–Kier alpha value is -1.81. The normalized spacial score (nSPS) is 8.18. The van der Waals surface area contributed by atoms with Gasteiger partial charge in [-0.1, -0.05) is 11.5 Å². The van der Waals surface area contributed by atoms with Gasteiger partial charge in [-0.3, -0.25) is 0 Å². The van der Waals surface area contributed by atoms with Gasteiger partial charge >= 0.3 is 0 Å². The Morgan fingerprint density at radius 3 is 2.55 bits per heavy atom. The van der Waals surface area contributed by atoms with Gasteiger partial charge in [-0.25, -0.2) is 4.98 Å². The van der Waals surface area contributed by atoms with Crippen molar-refractivity contribution >= 4 is 13.3 Å². The summed E-state index contributed by atoms with van der Waals surface area (Å²) in [5, 5.41) is 16.9. The molecule has 0 atom stereocenters. The van der Waals surface area contributed by atoms with Crippen molar-refractivity contribution in [2.45, 2.75) is 0 Å². The van der Waals surface area contributed by atoms with Gasteiger partial charge in [0.2, 0.25) is 0 Å². The summed E-state index contributed by atoms with van der Waals surface area (Å²) in [6.07, 6.45) is 0. The Bertz CT molecular complexity index is 359. The summed E-state index contributed by atoms with van der Waals surface area (Å²) < 4.78 is 0. The van der Waals surface area contributed by atoms with Crippen LogP contribution >= 0.6 is 0 Å². The van der Waals surface area contributed by atoms with Crippen molar-refractivity contribution in [3.63, 3.8) is 0 Å². The topological polar surface area (TPSA) is 60.5 Å². The Morgan fingerprint density at radius 2 is 2.00 bits per heavy atom. The van der Waals surface area contributed by atoms with E-state index in [1.807, 2.05) is 12.1 Å². The number of hydrogen-bond acceptors (Lipinski definition) is 3. The lowest BCUT2D eigenvalue weighted by Gasteiger charge is -1.93. The monoisotopic (exact) mass is 141 g/mol. The standard InChI is InChI=1S/C7H4BN3/c8-6-2-1-5(3-9)11-7(6)4-10/h1-2H,8H2. The van der Waals surface area contributed by atoms with Crippen molar-refractivity contribution in [2.75, 3.05) is 0 Å². The van der Waals surface area contributed by atoms with Gasteiger partial charge in [0.1, 0.15) is 31.4 Å². The molecule has 11 heavy (non-hydrogen) atoms. The van der Waals surface area contributed by atoms with E-state index in [2.05, 4.69) is 4.98 Å². The molecule has 0 aromatic carbocycles. The van der Waals surface area contributed by atoms with Crippen molar-refractivity contribution in [1.82, 2.24) is 4.98 Å². The second kappa shape index (κ2) is 2.85. The minimum Gasteiger partial charge on any atom is -0.227 e. The van der Waals surface area contributed by atoms with E-state index in [1.165, 1.54) is 0 Å². The first-order chi connectivity index (χ1) is 5.27. The maximum atomic E-state index is 8.52. The smallest absolute Gasteiger partial charge is 0.143 e. The molecular formula is C7H4BN3. The summed E-state index contributed by atoms with van der Waals surface area (Å²) in [6, 6.07) is 7.08. The molecular weight excluding hydrogens is 137 g/mol. The number of rotatable bonds is 0. The minimum absolute atomic E-state index is 0.284. The van der Waals surface area contributed by atoms with E-state index in [1.54, 1.807) is 20.0 Å². The third-order valence-electron chi connectivity index (χ3n) is 1.32. The van der Waals surface area contributed by atoms with Crippen LogP contribution in [0.25, 0.3) is 0 Å².